The highest BCUT2D eigenvalue weighted by Gasteiger charge is 2.20. The number of nitrogens with one attached hydrogen (secondary N) is 1. The van der Waals surface area contributed by atoms with Crippen LogP contribution >= 0.6 is 0 Å². The minimum atomic E-state index is -0.267. The highest BCUT2D eigenvalue weighted by Crippen LogP contribution is 1.96. The average molecular weight is 246 g/mol. The van der Waals surface area contributed by atoms with Gasteiger partial charge in [-0.1, -0.05) is 6.92 Å². The highest BCUT2D eigenvalue weighted by molar-refractivity contribution is 5.76. The number of esters is 1. The first-order valence-corrected chi connectivity index (χ1v) is 6.33. The van der Waals surface area contributed by atoms with Gasteiger partial charge in [0.1, 0.15) is 6.04 Å². The normalized spacial score (nSPS) is 12.8. The van der Waals surface area contributed by atoms with Crippen molar-refractivity contribution < 1.29 is 14.3 Å². The second-order valence-corrected chi connectivity index (χ2v) is 3.68. The van der Waals surface area contributed by atoms with E-state index in [-0.39, 0.29) is 12.0 Å². The molecule has 17 heavy (non-hydrogen) atoms. The Morgan fingerprint density at radius 1 is 1.29 bits per heavy atom. The summed E-state index contributed by atoms with van der Waals surface area (Å²) in [5.41, 5.74) is 0. The number of nitrogens with zero attached hydrogens (tertiary/aromatic N) is 1. The molecule has 102 valence electrons. The van der Waals surface area contributed by atoms with Gasteiger partial charge in [-0.2, -0.15) is 0 Å². The zero-order valence-corrected chi connectivity index (χ0v) is 11.5. The maximum absolute atomic E-state index is 11.6. The molecule has 0 aromatic rings. The lowest BCUT2D eigenvalue weighted by molar-refractivity contribution is -0.146. The van der Waals surface area contributed by atoms with Gasteiger partial charge in [0.25, 0.3) is 0 Å². The van der Waals surface area contributed by atoms with E-state index in [2.05, 4.69) is 17.1 Å². The number of ether oxygens (including phenoxy) is 2. The number of rotatable bonds is 10. The van der Waals surface area contributed by atoms with Crippen molar-refractivity contribution in [3.8, 4) is 0 Å². The molecule has 0 heterocycles. The summed E-state index contributed by atoms with van der Waals surface area (Å²) in [7, 11) is 1.78. The third kappa shape index (κ3) is 7.31. The van der Waals surface area contributed by atoms with Gasteiger partial charge in [0, 0.05) is 19.7 Å². The van der Waals surface area contributed by atoms with Gasteiger partial charge in [0.05, 0.1) is 13.2 Å². The molecule has 0 radical (unpaired) electrons. The molecule has 0 saturated heterocycles. The van der Waals surface area contributed by atoms with E-state index in [0.717, 1.165) is 19.7 Å². The summed E-state index contributed by atoms with van der Waals surface area (Å²) in [5, 5.41) is 2.98. The third-order valence-electron chi connectivity index (χ3n) is 2.56. The maximum Gasteiger partial charge on any atom is 0.324 e. The van der Waals surface area contributed by atoms with Crippen LogP contribution in [0.25, 0.3) is 0 Å². The zero-order valence-electron chi connectivity index (χ0n) is 11.5. The second kappa shape index (κ2) is 10.5. The summed E-state index contributed by atoms with van der Waals surface area (Å²) in [6.07, 6.45) is 0. The summed E-state index contributed by atoms with van der Waals surface area (Å²) >= 11 is 0. The molecular weight excluding hydrogens is 220 g/mol. The molecule has 0 aliphatic rings. The molecule has 1 atom stereocenters. The van der Waals surface area contributed by atoms with E-state index in [1.807, 2.05) is 13.8 Å². The van der Waals surface area contributed by atoms with E-state index in [9.17, 15) is 4.79 Å². The second-order valence-electron chi connectivity index (χ2n) is 3.68. The molecule has 0 bridgehead atoms. The summed E-state index contributed by atoms with van der Waals surface area (Å²) in [6, 6.07) is -0.267. The zero-order chi connectivity index (χ0) is 13.1. The predicted molar refractivity (Wildman–Crippen MR) is 68.1 cm³/mol. The molecule has 1 unspecified atom stereocenters. The number of carbonyl (C=O) groups is 1. The first-order chi connectivity index (χ1) is 8.19. The Balaban J connectivity index is 4.07. The van der Waals surface area contributed by atoms with Crippen molar-refractivity contribution in [2.45, 2.75) is 26.8 Å². The first kappa shape index (κ1) is 16.4. The third-order valence-corrected chi connectivity index (χ3v) is 2.56. The van der Waals surface area contributed by atoms with E-state index in [1.54, 1.807) is 7.05 Å². The molecule has 0 fully saturated rings. The van der Waals surface area contributed by atoms with Crippen molar-refractivity contribution in [3.63, 3.8) is 0 Å². The Kier molecular flexibility index (Phi) is 10.1. The van der Waals surface area contributed by atoms with Crippen LogP contribution < -0.4 is 5.32 Å². The molecule has 0 aliphatic heterocycles. The van der Waals surface area contributed by atoms with Gasteiger partial charge in [-0.05, 0) is 27.4 Å². The largest absolute Gasteiger partial charge is 0.465 e. The number of likely N-dealkylation sites (N-methyl/N-ethyl adjacent to an activating group) is 2. The summed E-state index contributed by atoms with van der Waals surface area (Å²) in [4.78, 5) is 13.8. The van der Waals surface area contributed by atoms with Crippen LogP contribution in [0.3, 0.4) is 0 Å². The van der Waals surface area contributed by atoms with Crippen LogP contribution in [0.5, 0.6) is 0 Å². The van der Waals surface area contributed by atoms with Crippen LogP contribution in [-0.2, 0) is 14.3 Å². The van der Waals surface area contributed by atoms with E-state index < -0.39 is 0 Å². The SMILES string of the molecule is CCOCCN(CC)CC(NC)C(=O)OCC. The first-order valence-electron chi connectivity index (χ1n) is 6.33. The molecule has 0 amide bonds. The van der Waals surface area contributed by atoms with Crippen LogP contribution in [0.2, 0.25) is 0 Å². The van der Waals surface area contributed by atoms with Gasteiger partial charge in [-0.25, -0.2) is 0 Å². The van der Waals surface area contributed by atoms with Crippen LogP contribution in [-0.4, -0.2) is 63.4 Å². The monoisotopic (exact) mass is 246 g/mol. The van der Waals surface area contributed by atoms with Crippen molar-refractivity contribution in [2.75, 3.05) is 46.5 Å². The molecule has 0 rings (SSSR count). The van der Waals surface area contributed by atoms with Crippen molar-refractivity contribution in [2.24, 2.45) is 0 Å². The van der Waals surface area contributed by atoms with E-state index >= 15 is 0 Å². The number of hydrogen-bond donors (Lipinski definition) is 1. The van der Waals surface area contributed by atoms with Crippen LogP contribution in [0.1, 0.15) is 20.8 Å². The molecule has 5 nitrogen and oxygen atoms in total. The van der Waals surface area contributed by atoms with E-state index in [0.29, 0.717) is 19.8 Å². The fourth-order valence-electron chi connectivity index (χ4n) is 1.50. The Morgan fingerprint density at radius 2 is 2.00 bits per heavy atom. The average Bonchev–Trinajstić information content (AvgIpc) is 2.34. The fourth-order valence-corrected chi connectivity index (χ4v) is 1.50. The van der Waals surface area contributed by atoms with Crippen LogP contribution in [0, 0.1) is 0 Å². The van der Waals surface area contributed by atoms with Crippen LogP contribution in [0.15, 0.2) is 0 Å². The highest BCUT2D eigenvalue weighted by atomic mass is 16.5. The molecule has 0 aromatic heterocycles. The number of carbonyl (C=O) groups excluding carboxylic acids is 1. The molecule has 0 aromatic carbocycles. The molecule has 0 spiro atoms. The van der Waals surface area contributed by atoms with Crippen molar-refractivity contribution in [1.29, 1.82) is 0 Å². The van der Waals surface area contributed by atoms with E-state index in [4.69, 9.17) is 9.47 Å². The molecule has 5 heteroatoms. The van der Waals surface area contributed by atoms with Gasteiger partial charge < -0.3 is 14.8 Å². The smallest absolute Gasteiger partial charge is 0.324 e. The maximum atomic E-state index is 11.6. The Hall–Kier alpha value is -0.650. The fraction of sp³-hybridized carbons (Fsp3) is 0.917. The van der Waals surface area contributed by atoms with Crippen molar-refractivity contribution >= 4 is 5.97 Å². The quantitative estimate of drug-likeness (QED) is 0.449. The van der Waals surface area contributed by atoms with Gasteiger partial charge in [0.15, 0.2) is 0 Å². The van der Waals surface area contributed by atoms with Gasteiger partial charge >= 0.3 is 5.97 Å². The van der Waals surface area contributed by atoms with Crippen molar-refractivity contribution in [3.05, 3.63) is 0 Å². The lowest BCUT2D eigenvalue weighted by Crippen LogP contribution is -2.46. The summed E-state index contributed by atoms with van der Waals surface area (Å²) < 4.78 is 10.3. The molecule has 0 aliphatic carbocycles. The van der Waals surface area contributed by atoms with Gasteiger partial charge in [-0.15, -0.1) is 0 Å². The van der Waals surface area contributed by atoms with Gasteiger partial charge in [-0.3, -0.25) is 9.69 Å². The molecule has 0 saturated carbocycles. The Morgan fingerprint density at radius 3 is 2.47 bits per heavy atom. The minimum Gasteiger partial charge on any atom is -0.465 e. The standard InChI is InChI=1S/C12H26N2O3/c1-5-14(8-9-16-6-2)10-11(13-4)12(15)17-7-3/h11,13H,5-10H2,1-4H3. The molecule has 1 N–H and O–H groups in total. The lowest BCUT2D eigenvalue weighted by Gasteiger charge is -2.24. The van der Waals surface area contributed by atoms with Crippen molar-refractivity contribution in [1.82, 2.24) is 10.2 Å². The lowest BCUT2D eigenvalue weighted by atomic mass is 10.2. The van der Waals surface area contributed by atoms with E-state index in [1.165, 1.54) is 0 Å². The Bertz CT molecular complexity index is 200. The Labute approximate surface area is 104 Å². The minimum absolute atomic E-state index is 0.190. The van der Waals surface area contributed by atoms with Crippen LogP contribution in [0.4, 0.5) is 0 Å². The predicted octanol–water partition coefficient (Wildman–Crippen LogP) is 0.496. The number of hydrogen-bond acceptors (Lipinski definition) is 5. The summed E-state index contributed by atoms with van der Waals surface area (Å²) in [6.45, 7) is 10.1. The summed E-state index contributed by atoms with van der Waals surface area (Å²) in [5.74, 6) is -0.190. The topological polar surface area (TPSA) is 50.8 Å². The van der Waals surface area contributed by atoms with Gasteiger partial charge in [0.2, 0.25) is 0 Å². The molecular formula is C12H26N2O3.